The molecule has 0 aromatic heterocycles. The summed E-state index contributed by atoms with van der Waals surface area (Å²) in [7, 11) is 2.33. The average molecular weight is 778 g/mol. The second-order valence-electron chi connectivity index (χ2n) is 14.4. The molecule has 4 aliphatic rings. The zero-order chi connectivity index (χ0) is 41.2. The van der Waals surface area contributed by atoms with E-state index in [1.165, 1.54) is 43.5 Å². The number of aliphatic hydroxyl groups excluding tert-OH is 3. The number of para-hydroxylation sites is 1. The van der Waals surface area contributed by atoms with E-state index in [0.29, 0.717) is 5.57 Å². The normalized spacial score (nSPS) is 31.6. The molecule has 2 fully saturated rings. The summed E-state index contributed by atoms with van der Waals surface area (Å²) in [5.74, 6) is -11.3. The lowest BCUT2D eigenvalue weighted by atomic mass is 9.55. The largest absolute Gasteiger partial charge is 0.508 e. The highest BCUT2D eigenvalue weighted by atomic mass is 16.6. The third kappa shape index (κ3) is 5.86. The van der Waals surface area contributed by atoms with Gasteiger partial charge in [0, 0.05) is 49.2 Å². The second-order valence-corrected chi connectivity index (χ2v) is 14.4. The van der Waals surface area contributed by atoms with Crippen LogP contribution in [0.15, 0.2) is 65.0 Å². The molecule has 0 unspecified atom stereocenters. The monoisotopic (exact) mass is 777 g/mol. The second kappa shape index (κ2) is 14.5. The summed E-state index contributed by atoms with van der Waals surface area (Å²) in [4.78, 5) is 67.4. The first-order valence-corrected chi connectivity index (χ1v) is 17.8. The highest BCUT2D eigenvalue weighted by Gasteiger charge is 2.68. The summed E-state index contributed by atoms with van der Waals surface area (Å²) in [6.07, 6.45) is -4.99. The van der Waals surface area contributed by atoms with Crippen LogP contribution in [0.5, 0.6) is 11.5 Å². The molecule has 6 rings (SSSR count). The van der Waals surface area contributed by atoms with Crippen molar-refractivity contribution in [3.05, 3.63) is 87.2 Å². The number of fused-ring (bicyclic) bond motifs is 3. The van der Waals surface area contributed by atoms with Gasteiger partial charge in [0.15, 0.2) is 17.8 Å². The molecule has 2 aromatic carbocycles. The van der Waals surface area contributed by atoms with Crippen molar-refractivity contribution in [2.45, 2.75) is 82.3 Å². The number of methoxy groups -OCH3 is 2. The van der Waals surface area contributed by atoms with Crippen LogP contribution in [0.3, 0.4) is 0 Å². The van der Waals surface area contributed by atoms with Gasteiger partial charge in [0.05, 0.1) is 29.5 Å². The Labute approximate surface area is 320 Å². The molecule has 1 heterocycles. The average Bonchev–Trinajstić information content (AvgIpc) is 3.16. The first kappa shape index (κ1) is 40.1. The van der Waals surface area contributed by atoms with Crippen molar-refractivity contribution in [1.82, 2.24) is 0 Å². The minimum absolute atomic E-state index is 0.105. The summed E-state index contributed by atoms with van der Waals surface area (Å²) in [5, 5.41) is 56.9. The van der Waals surface area contributed by atoms with Gasteiger partial charge in [-0.15, -0.1) is 0 Å². The zero-order valence-electron chi connectivity index (χ0n) is 31.4. The van der Waals surface area contributed by atoms with E-state index in [9.17, 15) is 49.5 Å². The van der Waals surface area contributed by atoms with Crippen LogP contribution in [0.4, 0.5) is 0 Å². The molecule has 0 bridgehead atoms. The number of esters is 2. The lowest BCUT2D eigenvalue weighted by Crippen LogP contribution is -2.66. The molecule has 1 saturated heterocycles. The lowest BCUT2D eigenvalue weighted by Gasteiger charge is -2.53. The van der Waals surface area contributed by atoms with E-state index in [2.05, 4.69) is 0 Å². The number of benzene rings is 2. The highest BCUT2D eigenvalue weighted by Crippen LogP contribution is 2.60. The Morgan fingerprint density at radius 2 is 1.66 bits per heavy atom. The number of amides is 1. The SMILES string of the molecule is C/C=C(/C)C(=O)O[C@H]1[C@H](O)C[C@H](c2ccc3c(c2O)C(O)=C2C(=O)[C@@]4(OC)C(O)=C(C(N)=O)C(=O)[C@H](OC(=O)c5ccccc5O)[C@@H]4C[C@@H]2[C@@]3(C)OC)O[C@@H]1C. The first-order chi connectivity index (χ1) is 26.4. The lowest BCUT2D eigenvalue weighted by molar-refractivity contribution is -0.191. The number of aromatic hydroxyl groups is 2. The van der Waals surface area contributed by atoms with Gasteiger partial charge in [-0.2, -0.15) is 0 Å². The molecule has 0 spiro atoms. The predicted octanol–water partition coefficient (Wildman–Crippen LogP) is 3.03. The minimum atomic E-state index is -2.63. The van der Waals surface area contributed by atoms with Crippen LogP contribution < -0.4 is 5.73 Å². The van der Waals surface area contributed by atoms with Crippen molar-refractivity contribution in [2.75, 3.05) is 14.2 Å². The molecular formula is C40H43NO15. The Morgan fingerprint density at radius 1 is 0.982 bits per heavy atom. The third-order valence-electron chi connectivity index (χ3n) is 11.7. The quantitative estimate of drug-likeness (QED) is 0.128. The van der Waals surface area contributed by atoms with Gasteiger partial charge in [0.25, 0.3) is 5.91 Å². The van der Waals surface area contributed by atoms with Crippen molar-refractivity contribution in [1.29, 1.82) is 0 Å². The molecule has 298 valence electrons. The maximum Gasteiger partial charge on any atom is 0.342 e. The van der Waals surface area contributed by atoms with E-state index in [0.717, 1.165) is 7.11 Å². The van der Waals surface area contributed by atoms with Crippen molar-refractivity contribution in [2.24, 2.45) is 17.6 Å². The van der Waals surface area contributed by atoms with E-state index in [4.69, 9.17) is 29.4 Å². The van der Waals surface area contributed by atoms with E-state index in [1.807, 2.05) is 0 Å². The van der Waals surface area contributed by atoms with Crippen LogP contribution in [0.25, 0.3) is 5.76 Å². The van der Waals surface area contributed by atoms with Gasteiger partial charge in [-0.1, -0.05) is 30.3 Å². The Kier molecular flexibility index (Phi) is 10.4. The number of phenols is 2. The smallest absolute Gasteiger partial charge is 0.342 e. The minimum Gasteiger partial charge on any atom is -0.508 e. The van der Waals surface area contributed by atoms with Crippen molar-refractivity contribution >= 4 is 35.2 Å². The number of aliphatic hydroxyl groups is 3. The number of primary amides is 1. The van der Waals surface area contributed by atoms with Crippen LogP contribution in [-0.2, 0) is 48.5 Å². The molecule has 16 heteroatoms. The summed E-state index contributed by atoms with van der Waals surface area (Å²) in [5.41, 5.74) is -0.104. The molecule has 1 saturated carbocycles. The van der Waals surface area contributed by atoms with E-state index >= 15 is 0 Å². The van der Waals surface area contributed by atoms with Gasteiger partial charge in [0.2, 0.25) is 11.6 Å². The maximum atomic E-state index is 15.0. The molecule has 1 amide bonds. The number of carbonyl (C=O) groups is 5. The number of ketones is 2. The van der Waals surface area contributed by atoms with E-state index in [-0.39, 0.29) is 35.1 Å². The number of hydrogen-bond donors (Lipinski definition) is 6. The zero-order valence-corrected chi connectivity index (χ0v) is 31.4. The molecule has 7 N–H and O–H groups in total. The number of ether oxygens (including phenoxy) is 5. The fraction of sp³-hybridized carbons (Fsp3) is 0.425. The summed E-state index contributed by atoms with van der Waals surface area (Å²) in [6.45, 7) is 6.39. The number of carbonyl (C=O) groups excluding carboxylic acids is 5. The van der Waals surface area contributed by atoms with Crippen LogP contribution >= 0.6 is 0 Å². The molecule has 56 heavy (non-hydrogen) atoms. The first-order valence-electron chi connectivity index (χ1n) is 17.8. The highest BCUT2D eigenvalue weighted by molar-refractivity contribution is 6.24. The number of hydrogen-bond acceptors (Lipinski definition) is 15. The number of rotatable bonds is 8. The molecular weight excluding hydrogens is 734 g/mol. The number of nitrogens with two attached hydrogens (primary N) is 1. The predicted molar refractivity (Wildman–Crippen MR) is 193 cm³/mol. The summed E-state index contributed by atoms with van der Waals surface area (Å²) >= 11 is 0. The third-order valence-corrected chi connectivity index (χ3v) is 11.7. The number of Topliss-reactive ketones (excluding diaryl/α,β-unsaturated/α-hetero) is 2. The molecule has 16 nitrogen and oxygen atoms in total. The fourth-order valence-corrected chi connectivity index (χ4v) is 8.49. The number of phenolic OH excluding ortho intramolecular Hbond substituents is 2. The van der Waals surface area contributed by atoms with Gasteiger partial charge in [0.1, 0.15) is 34.2 Å². The Bertz CT molecular complexity index is 2120. The van der Waals surface area contributed by atoms with Crippen molar-refractivity contribution in [3.8, 4) is 11.5 Å². The topological polar surface area (TPSA) is 259 Å². The van der Waals surface area contributed by atoms with Crippen LogP contribution in [0, 0.1) is 11.8 Å². The van der Waals surface area contributed by atoms with Crippen LogP contribution in [0.2, 0.25) is 0 Å². The molecule has 1 aliphatic heterocycles. The van der Waals surface area contributed by atoms with E-state index in [1.54, 1.807) is 33.8 Å². The Morgan fingerprint density at radius 3 is 2.25 bits per heavy atom. The van der Waals surface area contributed by atoms with Gasteiger partial charge in [-0.25, -0.2) is 9.59 Å². The van der Waals surface area contributed by atoms with Crippen molar-refractivity contribution in [3.63, 3.8) is 0 Å². The maximum absolute atomic E-state index is 15.0. The fourth-order valence-electron chi connectivity index (χ4n) is 8.49. The molecule has 9 atom stereocenters. The summed E-state index contributed by atoms with van der Waals surface area (Å²) < 4.78 is 29.0. The van der Waals surface area contributed by atoms with Crippen LogP contribution in [-0.4, -0.2) is 99.2 Å². The van der Waals surface area contributed by atoms with Gasteiger partial charge < -0.3 is 55.0 Å². The van der Waals surface area contributed by atoms with Gasteiger partial charge >= 0.3 is 11.9 Å². The Balaban J connectivity index is 1.47. The van der Waals surface area contributed by atoms with Crippen molar-refractivity contribution < 1.29 is 73.2 Å². The standard InChI is InChI=1S/C40H43NO15/c1-7-16(2)37(50)55-32-17(3)54-25(15-24(32)43)19-12-13-20-26(29(19)44)30(45)27-21(39(20,4)52-5)14-22-33(56-38(51)18-10-8-9-11-23(18)42)31(46)28(36(41)49)35(48)40(22,53-6)34(27)47/h7-13,17,21-22,24-25,32-33,42-45,48H,14-15H2,1-6H3,(H2,41,49)/b16-7-/t17-,21+,22+,24-,25-,32-,33-,39+,40-/m1/s1. The Hall–Kier alpha value is -5.55. The molecule has 0 radical (unpaired) electrons. The molecule has 3 aliphatic carbocycles. The van der Waals surface area contributed by atoms with Gasteiger partial charge in [-0.3, -0.25) is 14.4 Å². The molecule has 2 aromatic rings. The summed E-state index contributed by atoms with van der Waals surface area (Å²) in [6, 6.07) is 8.34. The van der Waals surface area contributed by atoms with Gasteiger partial charge in [-0.05, 0) is 51.8 Å². The van der Waals surface area contributed by atoms with E-state index < -0.39 is 117 Å². The number of allylic oxidation sites excluding steroid dienone is 1. The van der Waals surface area contributed by atoms with Crippen LogP contribution in [0.1, 0.15) is 73.7 Å².